The van der Waals surface area contributed by atoms with Crippen LogP contribution in [-0.4, -0.2) is 65.5 Å². The first kappa shape index (κ1) is 23.4. The van der Waals surface area contributed by atoms with Crippen molar-refractivity contribution in [3.8, 4) is 0 Å². The Labute approximate surface area is 194 Å². The van der Waals surface area contributed by atoms with Gasteiger partial charge in [-0.1, -0.05) is 6.08 Å². The summed E-state index contributed by atoms with van der Waals surface area (Å²) in [5.74, 6) is 0.0761. The number of aliphatic imine (C=N–C) groups is 2. The number of hydrogen-bond acceptors (Lipinski definition) is 7. The molecule has 0 amide bonds. The minimum Gasteiger partial charge on any atom is -0.323 e. The lowest BCUT2D eigenvalue weighted by Gasteiger charge is -2.39. The van der Waals surface area contributed by atoms with Gasteiger partial charge in [-0.05, 0) is 44.3 Å². The van der Waals surface area contributed by atoms with Crippen molar-refractivity contribution < 1.29 is 18.0 Å². The maximum Gasteiger partial charge on any atom is 0.435 e. The van der Waals surface area contributed by atoms with E-state index in [-0.39, 0.29) is 30.4 Å². The van der Waals surface area contributed by atoms with Gasteiger partial charge in [0.15, 0.2) is 5.69 Å². The standard InChI is InChI=1S/C22H24ClF3N6O/c1-31(2)8-6-14-10-16(19(27-12-14)22(24,25)26)29-20-28-13-21-11-15(33)7-9-32(23)18(21)5-3-4-17(21)30-20/h3-5,10,12H,6-9,11,13H2,1-2H3,(H,28,29). The number of ketones is 1. The van der Waals surface area contributed by atoms with Gasteiger partial charge in [0.1, 0.15) is 5.78 Å². The fourth-order valence-electron chi connectivity index (χ4n) is 4.17. The van der Waals surface area contributed by atoms with Gasteiger partial charge < -0.3 is 10.2 Å². The Kier molecular flexibility index (Phi) is 6.32. The lowest BCUT2D eigenvalue weighted by Crippen LogP contribution is -2.44. The summed E-state index contributed by atoms with van der Waals surface area (Å²) in [6.45, 7) is 1.19. The van der Waals surface area contributed by atoms with Gasteiger partial charge in [-0.25, -0.2) is 15.0 Å². The molecule has 176 valence electrons. The van der Waals surface area contributed by atoms with Crippen LogP contribution in [0.25, 0.3) is 0 Å². The number of allylic oxidation sites excluding steroid dienone is 3. The number of alkyl halides is 3. The van der Waals surface area contributed by atoms with Gasteiger partial charge in [0.2, 0.25) is 5.96 Å². The molecule has 0 aromatic carbocycles. The molecule has 1 N–H and O–H groups in total. The molecule has 1 atom stereocenters. The molecule has 2 aliphatic heterocycles. The summed E-state index contributed by atoms with van der Waals surface area (Å²) in [6.07, 6.45) is 3.00. The first-order chi connectivity index (χ1) is 15.6. The lowest BCUT2D eigenvalue weighted by atomic mass is 9.72. The molecule has 1 aromatic heterocycles. The average Bonchev–Trinajstić information content (AvgIpc) is 2.87. The van der Waals surface area contributed by atoms with Crippen LogP contribution in [0, 0.1) is 5.41 Å². The molecule has 33 heavy (non-hydrogen) atoms. The Balaban J connectivity index is 1.65. The van der Waals surface area contributed by atoms with Crippen molar-refractivity contribution in [3.63, 3.8) is 0 Å². The van der Waals surface area contributed by atoms with E-state index in [2.05, 4.69) is 20.3 Å². The highest BCUT2D eigenvalue weighted by molar-refractivity contribution is 6.18. The zero-order valence-corrected chi connectivity index (χ0v) is 19.0. The number of nitrogens with one attached hydrogen (secondary N) is 1. The van der Waals surface area contributed by atoms with Gasteiger partial charge in [-0.3, -0.25) is 9.21 Å². The third-order valence-corrected chi connectivity index (χ3v) is 6.22. The predicted octanol–water partition coefficient (Wildman–Crippen LogP) is 3.69. The number of aromatic nitrogens is 1. The molecule has 1 saturated heterocycles. The van der Waals surface area contributed by atoms with Crippen LogP contribution in [0.4, 0.5) is 18.9 Å². The number of pyridine rings is 1. The largest absolute Gasteiger partial charge is 0.435 e. The van der Waals surface area contributed by atoms with Crippen molar-refractivity contribution in [3.05, 3.63) is 47.4 Å². The van der Waals surface area contributed by atoms with Crippen molar-refractivity contribution >= 4 is 34.9 Å². The molecule has 11 heteroatoms. The van der Waals surface area contributed by atoms with Crippen molar-refractivity contribution in [2.45, 2.75) is 25.4 Å². The summed E-state index contributed by atoms with van der Waals surface area (Å²) < 4.78 is 42.3. The molecule has 3 aliphatic rings. The third kappa shape index (κ3) is 4.81. The Morgan fingerprint density at radius 3 is 2.85 bits per heavy atom. The van der Waals surface area contributed by atoms with Gasteiger partial charge in [-0.15, -0.1) is 0 Å². The van der Waals surface area contributed by atoms with E-state index in [4.69, 9.17) is 11.8 Å². The summed E-state index contributed by atoms with van der Waals surface area (Å²) in [4.78, 5) is 26.9. The number of carbonyl (C=O) groups excluding carboxylic acids is 1. The number of rotatable bonds is 4. The minimum atomic E-state index is -4.64. The van der Waals surface area contributed by atoms with Gasteiger partial charge in [0.05, 0.1) is 23.4 Å². The van der Waals surface area contributed by atoms with Crippen molar-refractivity contribution in [2.75, 3.05) is 39.0 Å². The number of carbonyl (C=O) groups is 1. The molecular formula is C22H24ClF3N6O. The van der Waals surface area contributed by atoms with Crippen molar-refractivity contribution in [1.82, 2.24) is 14.3 Å². The van der Waals surface area contributed by atoms with Crippen molar-refractivity contribution in [2.24, 2.45) is 15.4 Å². The summed E-state index contributed by atoms with van der Waals surface area (Å²) >= 11 is 6.40. The average molecular weight is 481 g/mol. The molecule has 0 saturated carbocycles. The van der Waals surface area contributed by atoms with E-state index >= 15 is 0 Å². The van der Waals surface area contributed by atoms with Crippen LogP contribution in [-0.2, 0) is 17.4 Å². The second kappa shape index (κ2) is 8.90. The summed E-state index contributed by atoms with van der Waals surface area (Å²) in [7, 11) is 3.78. The first-order valence-corrected chi connectivity index (χ1v) is 10.9. The normalized spacial score (nSPS) is 22.8. The number of halogens is 4. The quantitative estimate of drug-likeness (QED) is 0.665. The molecule has 7 nitrogen and oxygen atoms in total. The lowest BCUT2D eigenvalue weighted by molar-refractivity contribution is -0.140. The molecule has 1 aromatic rings. The highest BCUT2D eigenvalue weighted by atomic mass is 35.5. The zero-order valence-electron chi connectivity index (χ0n) is 18.3. The SMILES string of the molecule is CN(C)CCc1cnc(C(F)(F)F)c(NC2=NCC34CC(=O)CCN(Cl)C3=CC=CC4=N2)c1. The second-order valence-electron chi connectivity index (χ2n) is 8.60. The number of anilines is 1. The molecule has 1 unspecified atom stereocenters. The van der Waals surface area contributed by atoms with Gasteiger partial charge in [0, 0.05) is 49.6 Å². The topological polar surface area (TPSA) is 73.2 Å². The van der Waals surface area contributed by atoms with Crippen LogP contribution in [0.2, 0.25) is 0 Å². The summed E-state index contributed by atoms with van der Waals surface area (Å²) in [6, 6.07) is 1.43. The Bertz CT molecular complexity index is 1080. The number of likely N-dealkylation sites (N-methyl/N-ethyl adjacent to an activating group) is 1. The number of Topliss-reactive ketones (excluding diaryl/α,β-unsaturated/α-hetero) is 1. The van der Waals surface area contributed by atoms with Crippen LogP contribution in [0.15, 0.2) is 46.2 Å². The molecule has 0 bridgehead atoms. The predicted molar refractivity (Wildman–Crippen MR) is 121 cm³/mol. The van der Waals surface area contributed by atoms with E-state index < -0.39 is 17.3 Å². The molecule has 3 heterocycles. The number of guanidine groups is 1. The third-order valence-electron chi connectivity index (χ3n) is 5.87. The maximum absolute atomic E-state index is 13.6. The Morgan fingerprint density at radius 1 is 1.33 bits per heavy atom. The summed E-state index contributed by atoms with van der Waals surface area (Å²) in [5.41, 5.74) is -0.117. The number of hydrogen-bond donors (Lipinski definition) is 1. The van der Waals surface area contributed by atoms with Crippen LogP contribution in [0.1, 0.15) is 24.1 Å². The molecule has 1 spiro atoms. The molecule has 1 fully saturated rings. The van der Waals surface area contributed by atoms with E-state index in [9.17, 15) is 18.0 Å². The summed E-state index contributed by atoms with van der Waals surface area (Å²) in [5, 5.41) is 2.73. The van der Waals surface area contributed by atoms with Crippen molar-refractivity contribution in [1.29, 1.82) is 0 Å². The second-order valence-corrected chi connectivity index (χ2v) is 9.01. The minimum absolute atomic E-state index is 0.0378. The smallest absolute Gasteiger partial charge is 0.323 e. The maximum atomic E-state index is 13.6. The van der Waals surface area contributed by atoms with E-state index in [0.29, 0.717) is 37.2 Å². The van der Waals surface area contributed by atoms with E-state index in [1.54, 1.807) is 12.2 Å². The zero-order chi connectivity index (χ0) is 23.8. The highest BCUT2D eigenvalue weighted by Gasteiger charge is 2.47. The first-order valence-electron chi connectivity index (χ1n) is 10.5. The van der Waals surface area contributed by atoms with Crippen LogP contribution < -0.4 is 5.32 Å². The monoisotopic (exact) mass is 480 g/mol. The van der Waals surface area contributed by atoms with Gasteiger partial charge >= 0.3 is 6.18 Å². The highest BCUT2D eigenvalue weighted by Crippen LogP contribution is 2.44. The Hall–Kier alpha value is -2.72. The van der Waals surface area contributed by atoms with E-state index in [0.717, 1.165) is 5.70 Å². The van der Waals surface area contributed by atoms with Crippen LogP contribution in [0.3, 0.4) is 0 Å². The fraction of sp³-hybridized carbons (Fsp3) is 0.455. The van der Waals surface area contributed by atoms with Gasteiger partial charge in [-0.2, -0.15) is 13.2 Å². The van der Waals surface area contributed by atoms with E-state index in [1.165, 1.54) is 16.7 Å². The van der Waals surface area contributed by atoms with E-state index in [1.807, 2.05) is 25.1 Å². The molecule has 1 aliphatic carbocycles. The van der Waals surface area contributed by atoms with Crippen LogP contribution >= 0.6 is 11.8 Å². The fourth-order valence-corrected chi connectivity index (χ4v) is 4.47. The molecule has 4 rings (SSSR count). The number of nitrogens with zero attached hydrogens (tertiary/aromatic N) is 5. The molecular weight excluding hydrogens is 457 g/mol. The molecule has 0 radical (unpaired) electrons. The van der Waals surface area contributed by atoms with Crippen LogP contribution in [0.5, 0.6) is 0 Å². The Morgan fingerprint density at radius 2 is 2.12 bits per heavy atom. The van der Waals surface area contributed by atoms with Gasteiger partial charge in [0.25, 0.3) is 0 Å².